The number of rotatable bonds is 2. The summed E-state index contributed by atoms with van der Waals surface area (Å²) in [5, 5.41) is -0.574. The fourth-order valence-corrected chi connectivity index (χ4v) is 1.80. The minimum atomic E-state index is -4.53. The Hall–Kier alpha value is -1.01. The molecule has 1 saturated carbocycles. The van der Waals surface area contributed by atoms with E-state index in [1.807, 2.05) is 0 Å². The number of hydrogen-bond acceptors (Lipinski definition) is 3. The lowest BCUT2D eigenvalue weighted by molar-refractivity contribution is -0.137. The third-order valence-corrected chi connectivity index (χ3v) is 2.85. The Balaban J connectivity index is 2.14. The summed E-state index contributed by atoms with van der Waals surface area (Å²) >= 11 is 5.38. The van der Waals surface area contributed by atoms with Crippen LogP contribution in [0.4, 0.5) is 13.2 Å². The van der Waals surface area contributed by atoms with Gasteiger partial charge in [0.15, 0.2) is 0 Å². The molecule has 0 atom stereocenters. The second kappa shape index (κ2) is 4.34. The summed E-state index contributed by atoms with van der Waals surface area (Å²) < 4.78 is 42.9. The summed E-state index contributed by atoms with van der Waals surface area (Å²) in [6.07, 6.45) is -2.19. The van der Waals surface area contributed by atoms with Crippen LogP contribution in [-0.2, 0) is 6.18 Å². The normalized spacial score (nSPS) is 24.3. The highest BCUT2D eigenvalue weighted by atomic mass is 35.5. The van der Waals surface area contributed by atoms with E-state index < -0.39 is 16.9 Å². The van der Waals surface area contributed by atoms with Crippen LogP contribution in [0.1, 0.15) is 18.4 Å². The first kappa shape index (κ1) is 12.4. The SMILES string of the molecule is NC1CC(Oc2cnc(Cl)c(C(F)(F)F)c2)C1. The molecule has 1 aromatic heterocycles. The van der Waals surface area contributed by atoms with Gasteiger partial charge in [-0.2, -0.15) is 13.2 Å². The third kappa shape index (κ3) is 2.81. The van der Waals surface area contributed by atoms with Crippen LogP contribution >= 0.6 is 11.6 Å². The van der Waals surface area contributed by atoms with E-state index in [0.29, 0.717) is 12.8 Å². The maximum absolute atomic E-state index is 12.5. The molecule has 0 amide bonds. The number of nitrogens with two attached hydrogens (primary N) is 1. The van der Waals surface area contributed by atoms with Crippen LogP contribution in [0.25, 0.3) is 0 Å². The number of nitrogens with zero attached hydrogens (tertiary/aromatic N) is 1. The number of aromatic nitrogens is 1. The van der Waals surface area contributed by atoms with Gasteiger partial charge in [0.1, 0.15) is 17.0 Å². The molecule has 0 spiro atoms. The maximum atomic E-state index is 12.5. The van der Waals surface area contributed by atoms with Gasteiger partial charge in [-0.3, -0.25) is 0 Å². The van der Waals surface area contributed by atoms with Crippen LogP contribution in [0.3, 0.4) is 0 Å². The van der Waals surface area contributed by atoms with E-state index in [2.05, 4.69) is 4.98 Å². The summed E-state index contributed by atoms with van der Waals surface area (Å²) in [5.74, 6) is 0.0682. The Kier molecular flexibility index (Phi) is 3.18. The van der Waals surface area contributed by atoms with Crippen LogP contribution in [0.2, 0.25) is 5.15 Å². The summed E-state index contributed by atoms with van der Waals surface area (Å²) in [4.78, 5) is 3.47. The minimum absolute atomic E-state index is 0.0682. The van der Waals surface area contributed by atoms with Gasteiger partial charge in [-0.05, 0) is 18.9 Å². The zero-order valence-electron chi connectivity index (χ0n) is 8.67. The summed E-state index contributed by atoms with van der Waals surface area (Å²) in [6, 6.07) is 0.932. The van der Waals surface area contributed by atoms with E-state index in [9.17, 15) is 13.2 Å². The zero-order valence-corrected chi connectivity index (χ0v) is 9.42. The molecule has 0 radical (unpaired) electrons. The van der Waals surface area contributed by atoms with E-state index in [0.717, 1.165) is 6.07 Å². The zero-order chi connectivity index (χ0) is 12.6. The second-order valence-corrected chi connectivity index (χ2v) is 4.34. The molecule has 1 aliphatic rings. The maximum Gasteiger partial charge on any atom is 0.419 e. The van der Waals surface area contributed by atoms with Crippen LogP contribution in [0, 0.1) is 0 Å². The number of halogens is 4. The van der Waals surface area contributed by atoms with Crippen LogP contribution in [0.5, 0.6) is 5.75 Å². The Morgan fingerprint density at radius 3 is 2.59 bits per heavy atom. The molecule has 2 rings (SSSR count). The van der Waals surface area contributed by atoms with Gasteiger partial charge >= 0.3 is 6.18 Å². The number of ether oxygens (including phenoxy) is 1. The van der Waals surface area contributed by atoms with Crippen LogP contribution < -0.4 is 10.5 Å². The minimum Gasteiger partial charge on any atom is -0.489 e. The molecule has 1 fully saturated rings. The average molecular weight is 267 g/mol. The van der Waals surface area contributed by atoms with Crippen molar-refractivity contribution in [2.24, 2.45) is 5.73 Å². The number of pyridine rings is 1. The Labute approximate surface area is 101 Å². The molecular formula is C10H10ClF3N2O. The second-order valence-electron chi connectivity index (χ2n) is 3.98. The van der Waals surface area contributed by atoms with Gasteiger partial charge in [-0.15, -0.1) is 0 Å². The molecular weight excluding hydrogens is 257 g/mol. The van der Waals surface area contributed by atoms with Gasteiger partial charge in [-0.1, -0.05) is 11.6 Å². The molecule has 1 aliphatic carbocycles. The van der Waals surface area contributed by atoms with Crippen molar-refractivity contribution in [1.29, 1.82) is 0 Å². The highest BCUT2D eigenvalue weighted by Crippen LogP contribution is 2.36. The summed E-state index contributed by atoms with van der Waals surface area (Å²) in [7, 11) is 0. The molecule has 0 aromatic carbocycles. The molecule has 0 aliphatic heterocycles. The van der Waals surface area contributed by atoms with Gasteiger partial charge in [0.05, 0.1) is 11.8 Å². The quantitative estimate of drug-likeness (QED) is 0.837. The molecule has 0 saturated heterocycles. The third-order valence-electron chi connectivity index (χ3n) is 2.55. The molecule has 2 N–H and O–H groups in total. The standard InChI is InChI=1S/C10H10ClF3N2O/c11-9-8(10(12,13)14)3-7(4-16-9)17-6-1-5(15)2-6/h3-6H,1-2,15H2. The van der Waals surface area contributed by atoms with Crippen LogP contribution in [-0.4, -0.2) is 17.1 Å². The van der Waals surface area contributed by atoms with Gasteiger partial charge in [0.2, 0.25) is 0 Å². The Morgan fingerprint density at radius 2 is 2.06 bits per heavy atom. The Morgan fingerprint density at radius 1 is 1.41 bits per heavy atom. The topological polar surface area (TPSA) is 48.1 Å². The smallest absolute Gasteiger partial charge is 0.419 e. The average Bonchev–Trinajstić information content (AvgIpc) is 2.16. The van der Waals surface area contributed by atoms with Crippen molar-refractivity contribution in [3.05, 3.63) is 23.0 Å². The van der Waals surface area contributed by atoms with Gasteiger partial charge in [0, 0.05) is 6.04 Å². The first-order chi connectivity index (χ1) is 7.86. The number of hydrogen-bond donors (Lipinski definition) is 1. The van der Waals surface area contributed by atoms with E-state index in [1.165, 1.54) is 6.20 Å². The van der Waals surface area contributed by atoms with Crippen molar-refractivity contribution >= 4 is 11.6 Å². The van der Waals surface area contributed by atoms with Crippen molar-refractivity contribution in [1.82, 2.24) is 4.98 Å². The largest absolute Gasteiger partial charge is 0.489 e. The van der Waals surface area contributed by atoms with Crippen molar-refractivity contribution < 1.29 is 17.9 Å². The molecule has 3 nitrogen and oxygen atoms in total. The Bertz CT molecular complexity index is 419. The molecule has 1 heterocycles. The lowest BCUT2D eigenvalue weighted by Crippen LogP contribution is -2.43. The highest BCUT2D eigenvalue weighted by Gasteiger charge is 2.35. The van der Waals surface area contributed by atoms with Gasteiger partial charge in [-0.25, -0.2) is 4.98 Å². The molecule has 1 aromatic rings. The van der Waals surface area contributed by atoms with Crippen molar-refractivity contribution in [2.45, 2.75) is 31.2 Å². The van der Waals surface area contributed by atoms with E-state index in [1.54, 1.807) is 0 Å². The molecule has 94 valence electrons. The molecule has 17 heavy (non-hydrogen) atoms. The van der Waals surface area contributed by atoms with E-state index >= 15 is 0 Å². The van der Waals surface area contributed by atoms with Crippen molar-refractivity contribution in [3.8, 4) is 5.75 Å². The van der Waals surface area contributed by atoms with Crippen molar-refractivity contribution in [3.63, 3.8) is 0 Å². The van der Waals surface area contributed by atoms with Crippen LogP contribution in [0.15, 0.2) is 12.3 Å². The van der Waals surface area contributed by atoms with Gasteiger partial charge in [0.25, 0.3) is 0 Å². The van der Waals surface area contributed by atoms with E-state index in [4.69, 9.17) is 22.1 Å². The first-order valence-corrected chi connectivity index (χ1v) is 5.39. The molecule has 0 unspecified atom stereocenters. The predicted molar refractivity (Wildman–Crippen MR) is 55.9 cm³/mol. The highest BCUT2D eigenvalue weighted by molar-refractivity contribution is 6.30. The first-order valence-electron chi connectivity index (χ1n) is 5.01. The molecule has 0 bridgehead atoms. The monoisotopic (exact) mass is 266 g/mol. The van der Waals surface area contributed by atoms with E-state index in [-0.39, 0.29) is 17.9 Å². The molecule has 7 heteroatoms. The van der Waals surface area contributed by atoms with Gasteiger partial charge < -0.3 is 10.5 Å². The fraction of sp³-hybridized carbons (Fsp3) is 0.500. The fourth-order valence-electron chi connectivity index (χ4n) is 1.59. The van der Waals surface area contributed by atoms with Crippen molar-refractivity contribution in [2.75, 3.05) is 0 Å². The summed E-state index contributed by atoms with van der Waals surface area (Å²) in [6.45, 7) is 0. The summed E-state index contributed by atoms with van der Waals surface area (Å²) in [5.41, 5.74) is 4.56. The number of alkyl halides is 3. The lowest BCUT2D eigenvalue weighted by Gasteiger charge is -2.32. The lowest BCUT2D eigenvalue weighted by atomic mass is 9.90. The predicted octanol–water partition coefficient (Wildman–Crippen LogP) is 2.62.